The third-order valence-corrected chi connectivity index (χ3v) is 3.53. The van der Waals surface area contributed by atoms with Crippen molar-refractivity contribution in [3.63, 3.8) is 0 Å². The molecule has 0 aliphatic heterocycles. The lowest BCUT2D eigenvalue weighted by Gasteiger charge is -2.09. The molecule has 0 spiro atoms. The quantitative estimate of drug-likeness (QED) is 0.603. The lowest BCUT2D eigenvalue weighted by Crippen LogP contribution is -2.05. The third-order valence-electron chi connectivity index (χ3n) is 3.53. The van der Waals surface area contributed by atoms with Gasteiger partial charge >= 0.3 is 5.63 Å². The van der Waals surface area contributed by atoms with E-state index in [-0.39, 0.29) is 6.61 Å². The van der Waals surface area contributed by atoms with Gasteiger partial charge in [0.2, 0.25) is 0 Å². The van der Waals surface area contributed by atoms with Gasteiger partial charge in [-0.1, -0.05) is 11.6 Å². The Labute approximate surface area is 140 Å². The molecule has 2 aromatic rings. The Bertz CT molecular complexity index is 801. The Morgan fingerprint density at radius 3 is 2.75 bits per heavy atom. The second-order valence-corrected chi connectivity index (χ2v) is 5.76. The molecule has 1 atom stereocenters. The Hall–Kier alpha value is -2.37. The molecule has 0 aliphatic carbocycles. The zero-order valence-electron chi connectivity index (χ0n) is 13.9. The van der Waals surface area contributed by atoms with Crippen molar-refractivity contribution in [3.8, 4) is 5.75 Å². The minimum absolute atomic E-state index is 0.0545. The number of rotatable bonds is 7. The summed E-state index contributed by atoms with van der Waals surface area (Å²) < 4.78 is 10.8. The monoisotopic (exact) mass is 330 g/mol. The molecule has 0 amide bonds. The van der Waals surface area contributed by atoms with E-state index in [1.807, 2.05) is 25.1 Å². The van der Waals surface area contributed by atoms with Crippen molar-refractivity contribution in [3.05, 3.63) is 64.1 Å². The Kier molecular flexibility index (Phi) is 6.35. The van der Waals surface area contributed by atoms with Crippen molar-refractivity contribution >= 4 is 11.0 Å². The third kappa shape index (κ3) is 5.37. The van der Waals surface area contributed by atoms with Crippen molar-refractivity contribution in [1.29, 1.82) is 0 Å². The van der Waals surface area contributed by atoms with Crippen molar-refractivity contribution in [2.45, 2.75) is 26.4 Å². The average Bonchev–Trinajstić information content (AvgIpc) is 2.54. The number of hydrogen-bond donors (Lipinski definition) is 2. The van der Waals surface area contributed by atoms with Gasteiger partial charge in [0.15, 0.2) is 0 Å². The molecule has 1 aromatic heterocycles. The maximum atomic E-state index is 11.2. The molecule has 1 unspecified atom stereocenters. The molecule has 0 saturated carbocycles. The van der Waals surface area contributed by atoms with Gasteiger partial charge in [0, 0.05) is 17.5 Å². The largest absolute Gasteiger partial charge is 0.489 e. The van der Waals surface area contributed by atoms with Gasteiger partial charge in [-0.2, -0.15) is 0 Å². The first kappa shape index (κ1) is 18.0. The normalized spacial score (nSPS) is 14.0. The minimum atomic E-state index is -0.622. The highest BCUT2D eigenvalue weighted by atomic mass is 16.5. The van der Waals surface area contributed by atoms with Gasteiger partial charge in [-0.15, -0.1) is 0 Å². The Morgan fingerprint density at radius 1 is 1.25 bits per heavy atom. The first-order valence-corrected chi connectivity index (χ1v) is 7.76. The smallest absolute Gasteiger partial charge is 0.336 e. The van der Waals surface area contributed by atoms with E-state index < -0.39 is 11.7 Å². The Balaban J connectivity index is 1.94. The molecule has 1 aromatic carbocycles. The molecular weight excluding hydrogens is 308 g/mol. The highest BCUT2D eigenvalue weighted by molar-refractivity contribution is 5.77. The minimum Gasteiger partial charge on any atom is -0.489 e. The first-order chi connectivity index (χ1) is 11.5. The topological polar surface area (TPSA) is 79.9 Å². The molecule has 2 rings (SSSR count). The van der Waals surface area contributed by atoms with Crippen LogP contribution in [0.4, 0.5) is 0 Å². The molecule has 5 heteroatoms. The van der Waals surface area contributed by atoms with Crippen LogP contribution in [0, 0.1) is 0 Å². The standard InChI is InChI=1S/C19H22O5/c1-13(9-16(21)10-14(2)12-20)7-8-23-17-5-3-15-4-6-19(22)24-18(15)11-17/h3-7,10-11,16,20-21H,8-9,12H2,1-2H3/b13-7+,14-10+. The predicted molar refractivity (Wildman–Crippen MR) is 93.2 cm³/mol. The van der Waals surface area contributed by atoms with E-state index in [1.54, 1.807) is 25.1 Å². The maximum absolute atomic E-state index is 11.2. The summed E-state index contributed by atoms with van der Waals surface area (Å²) >= 11 is 0. The summed E-state index contributed by atoms with van der Waals surface area (Å²) in [6.07, 6.45) is 3.39. The number of aliphatic hydroxyl groups excluding tert-OH is 2. The van der Waals surface area contributed by atoms with Crippen LogP contribution in [0.1, 0.15) is 20.3 Å². The zero-order chi connectivity index (χ0) is 17.5. The molecule has 0 aliphatic rings. The van der Waals surface area contributed by atoms with Gasteiger partial charge in [0.25, 0.3) is 0 Å². The van der Waals surface area contributed by atoms with Crippen LogP contribution in [0.5, 0.6) is 5.75 Å². The van der Waals surface area contributed by atoms with E-state index in [0.29, 0.717) is 24.4 Å². The van der Waals surface area contributed by atoms with Gasteiger partial charge in [-0.05, 0) is 50.1 Å². The maximum Gasteiger partial charge on any atom is 0.336 e. The molecule has 128 valence electrons. The zero-order valence-corrected chi connectivity index (χ0v) is 13.9. The number of aliphatic hydroxyl groups is 2. The SMILES string of the molecule is C/C(=C\C(O)C/C(C)=C/COc1ccc2ccc(=O)oc2c1)CO. The summed E-state index contributed by atoms with van der Waals surface area (Å²) in [5, 5.41) is 19.6. The second-order valence-electron chi connectivity index (χ2n) is 5.76. The van der Waals surface area contributed by atoms with Crippen LogP contribution >= 0.6 is 0 Å². The van der Waals surface area contributed by atoms with Crippen molar-refractivity contribution in [1.82, 2.24) is 0 Å². The molecule has 0 fully saturated rings. The van der Waals surface area contributed by atoms with Gasteiger partial charge in [-0.25, -0.2) is 4.79 Å². The van der Waals surface area contributed by atoms with E-state index in [0.717, 1.165) is 16.5 Å². The van der Waals surface area contributed by atoms with Crippen LogP contribution in [-0.4, -0.2) is 29.5 Å². The summed E-state index contributed by atoms with van der Waals surface area (Å²) in [5.74, 6) is 0.609. The number of benzene rings is 1. The predicted octanol–water partition coefficient (Wildman–Crippen LogP) is 2.81. The van der Waals surface area contributed by atoms with E-state index in [9.17, 15) is 9.90 Å². The van der Waals surface area contributed by atoms with Crippen molar-refractivity contribution in [2.24, 2.45) is 0 Å². The van der Waals surface area contributed by atoms with E-state index in [4.69, 9.17) is 14.3 Å². The molecule has 1 heterocycles. The van der Waals surface area contributed by atoms with Gasteiger partial charge in [0.05, 0.1) is 12.7 Å². The van der Waals surface area contributed by atoms with Gasteiger partial charge < -0.3 is 19.4 Å². The lowest BCUT2D eigenvalue weighted by atomic mass is 10.1. The number of hydrogen-bond acceptors (Lipinski definition) is 5. The fourth-order valence-electron chi connectivity index (χ4n) is 2.26. The van der Waals surface area contributed by atoms with Crippen molar-refractivity contribution < 1.29 is 19.4 Å². The van der Waals surface area contributed by atoms with Gasteiger partial charge in [0.1, 0.15) is 17.9 Å². The van der Waals surface area contributed by atoms with Crippen molar-refractivity contribution in [2.75, 3.05) is 13.2 Å². The molecule has 2 N–H and O–H groups in total. The Morgan fingerprint density at radius 2 is 2.00 bits per heavy atom. The van der Waals surface area contributed by atoms with Crippen LogP contribution in [0.2, 0.25) is 0 Å². The first-order valence-electron chi connectivity index (χ1n) is 7.76. The second kappa shape index (κ2) is 8.47. The summed E-state index contributed by atoms with van der Waals surface area (Å²) in [6.45, 7) is 3.97. The summed E-state index contributed by atoms with van der Waals surface area (Å²) in [6, 6.07) is 8.41. The highest BCUT2D eigenvalue weighted by Crippen LogP contribution is 2.19. The fourth-order valence-corrected chi connectivity index (χ4v) is 2.26. The summed E-state index contributed by atoms with van der Waals surface area (Å²) in [5.41, 5.74) is 1.82. The molecule has 0 radical (unpaired) electrons. The van der Waals surface area contributed by atoms with Crippen LogP contribution in [0.25, 0.3) is 11.0 Å². The molecule has 24 heavy (non-hydrogen) atoms. The van der Waals surface area contributed by atoms with Crippen LogP contribution in [0.3, 0.4) is 0 Å². The van der Waals surface area contributed by atoms with E-state index in [2.05, 4.69) is 0 Å². The molecular formula is C19H22O5. The molecule has 0 bridgehead atoms. The number of ether oxygens (including phenoxy) is 1. The summed E-state index contributed by atoms with van der Waals surface area (Å²) in [4.78, 5) is 11.2. The fraction of sp³-hybridized carbons (Fsp3) is 0.316. The van der Waals surface area contributed by atoms with E-state index >= 15 is 0 Å². The van der Waals surface area contributed by atoms with Crippen LogP contribution in [-0.2, 0) is 0 Å². The van der Waals surface area contributed by atoms with Crippen LogP contribution < -0.4 is 10.4 Å². The summed E-state index contributed by atoms with van der Waals surface area (Å²) in [7, 11) is 0. The average molecular weight is 330 g/mol. The number of fused-ring (bicyclic) bond motifs is 1. The van der Waals surface area contributed by atoms with E-state index in [1.165, 1.54) is 6.07 Å². The lowest BCUT2D eigenvalue weighted by molar-refractivity contribution is 0.220. The molecule has 5 nitrogen and oxygen atoms in total. The van der Waals surface area contributed by atoms with Gasteiger partial charge in [-0.3, -0.25) is 0 Å². The van der Waals surface area contributed by atoms with Crippen LogP contribution in [0.15, 0.2) is 62.8 Å². The highest BCUT2D eigenvalue weighted by Gasteiger charge is 2.03. The molecule has 0 saturated heterocycles.